The van der Waals surface area contributed by atoms with Gasteiger partial charge in [0.05, 0.1) is 45.1 Å². The van der Waals surface area contributed by atoms with Crippen LogP contribution in [-0.4, -0.2) is 24.1 Å². The molecule has 0 saturated carbocycles. The highest BCUT2D eigenvalue weighted by Gasteiger charge is 2.26. The van der Waals surface area contributed by atoms with Crippen molar-refractivity contribution >= 4 is 43.6 Å². The van der Waals surface area contributed by atoms with Crippen molar-refractivity contribution in [2.75, 3.05) is 0 Å². The molecule has 0 aliphatic heterocycles. The third-order valence-electron chi connectivity index (χ3n) is 15.8. The van der Waals surface area contributed by atoms with E-state index >= 15 is 0 Å². The molecule has 0 bridgehead atoms. The van der Waals surface area contributed by atoms with E-state index in [1.807, 2.05) is 66.7 Å². The van der Waals surface area contributed by atoms with Gasteiger partial charge in [0, 0.05) is 49.4 Å². The van der Waals surface area contributed by atoms with E-state index in [9.17, 15) is 5.26 Å². The fourth-order valence-electron chi connectivity index (χ4n) is 11.9. The van der Waals surface area contributed by atoms with E-state index in [0.717, 1.165) is 127 Å². The molecule has 6 nitrogen and oxygen atoms in total. The summed E-state index contributed by atoms with van der Waals surface area (Å²) in [7, 11) is 0. The number of nitrogens with zero attached hydrogens (tertiary/aromatic N) is 6. The fourth-order valence-corrected chi connectivity index (χ4v) is 11.9. The third-order valence-corrected chi connectivity index (χ3v) is 15.8. The zero-order valence-corrected chi connectivity index (χ0v) is 44.4. The van der Waals surface area contributed by atoms with Gasteiger partial charge in [-0.05, 0) is 117 Å². The van der Waals surface area contributed by atoms with Gasteiger partial charge in [0.2, 0.25) is 0 Å². The summed E-state index contributed by atoms with van der Waals surface area (Å²) < 4.78 is 4.79. The lowest BCUT2D eigenvalue weighted by molar-refractivity contribution is 1.06. The first-order valence-electron chi connectivity index (χ1n) is 27.6. The Bertz CT molecular complexity index is 4700. The van der Waals surface area contributed by atoms with Crippen molar-refractivity contribution in [2.45, 2.75) is 0 Å². The molecule has 15 aromatic rings. The van der Waals surface area contributed by atoms with Gasteiger partial charge in [-0.15, -0.1) is 0 Å². The highest BCUT2D eigenvalue weighted by Crippen LogP contribution is 2.46. The molecule has 0 aliphatic carbocycles. The summed E-state index contributed by atoms with van der Waals surface area (Å²) in [4.78, 5) is 16.0. The summed E-state index contributed by atoms with van der Waals surface area (Å²) in [6.45, 7) is 0. The number of rotatable bonds is 10. The predicted octanol–water partition coefficient (Wildman–Crippen LogP) is 19.3. The van der Waals surface area contributed by atoms with Gasteiger partial charge in [0.1, 0.15) is 0 Å². The number of nitriles is 1. The molecule has 3 heterocycles. The van der Waals surface area contributed by atoms with Crippen molar-refractivity contribution in [3.8, 4) is 107 Å². The van der Waals surface area contributed by atoms with Crippen LogP contribution < -0.4 is 0 Å². The van der Waals surface area contributed by atoms with E-state index < -0.39 is 0 Å². The van der Waals surface area contributed by atoms with E-state index in [4.69, 9.17) is 15.0 Å². The van der Waals surface area contributed by atoms with E-state index in [1.54, 1.807) is 0 Å². The van der Waals surface area contributed by atoms with Crippen LogP contribution in [0.3, 0.4) is 0 Å². The van der Waals surface area contributed by atoms with E-state index in [2.05, 4.69) is 240 Å². The number of para-hydroxylation sites is 1. The molecule has 0 saturated heterocycles. The molecule has 0 fully saturated rings. The second-order valence-corrected chi connectivity index (χ2v) is 20.6. The summed E-state index contributed by atoms with van der Waals surface area (Å²) in [6.07, 6.45) is 0. The largest absolute Gasteiger partial charge is 0.309 e. The van der Waals surface area contributed by atoms with Crippen molar-refractivity contribution in [3.63, 3.8) is 0 Å². The molecular formula is C76H48N6. The van der Waals surface area contributed by atoms with E-state index in [0.29, 0.717) is 23.0 Å². The zero-order valence-electron chi connectivity index (χ0n) is 44.4. The zero-order chi connectivity index (χ0) is 54.5. The highest BCUT2D eigenvalue weighted by atomic mass is 15.1. The Morgan fingerprint density at radius 3 is 0.976 bits per heavy atom. The van der Waals surface area contributed by atoms with Gasteiger partial charge in [-0.25, -0.2) is 15.0 Å². The first-order chi connectivity index (χ1) is 40.6. The molecule has 15 rings (SSSR count). The summed E-state index contributed by atoms with van der Waals surface area (Å²) in [6, 6.07) is 105. The van der Waals surface area contributed by atoms with Crippen LogP contribution in [-0.2, 0) is 0 Å². The molecular weight excluding hydrogens is 997 g/mol. The Morgan fingerprint density at radius 1 is 0.256 bits per heavy atom. The van der Waals surface area contributed by atoms with Gasteiger partial charge in [0.25, 0.3) is 0 Å². The molecule has 382 valence electrons. The van der Waals surface area contributed by atoms with Gasteiger partial charge < -0.3 is 9.13 Å². The summed E-state index contributed by atoms with van der Waals surface area (Å²) in [5.74, 6) is 1.63. The quantitative estimate of drug-likeness (QED) is 0.137. The van der Waals surface area contributed by atoms with Crippen molar-refractivity contribution in [3.05, 3.63) is 297 Å². The van der Waals surface area contributed by atoms with Crippen LogP contribution >= 0.6 is 0 Å². The first kappa shape index (κ1) is 47.9. The number of hydrogen-bond donors (Lipinski definition) is 0. The molecule has 0 aliphatic rings. The Hall–Kier alpha value is -11.3. The maximum absolute atomic E-state index is 10.9. The average Bonchev–Trinajstić information content (AvgIpc) is 3.08. The van der Waals surface area contributed by atoms with Gasteiger partial charge in [-0.3, -0.25) is 0 Å². The molecule has 12 aromatic carbocycles. The van der Waals surface area contributed by atoms with Gasteiger partial charge in [-0.2, -0.15) is 5.26 Å². The summed E-state index contributed by atoms with van der Waals surface area (Å²) in [5.41, 5.74) is 19.8. The molecule has 3 aromatic heterocycles. The standard InChI is InChI=1S/C76H48N6/c77-49-50-34-39-68(81-69-40-35-57(51-20-7-1-8-21-51)45-64(69)65-46-58(36-41-70(65)81)52-22-9-2-10-23-52)63(44-50)61-32-19-33-62(76-79-74(55-28-15-5-16-29-55)78-75(80-76)56-30-17-6-18-31-56)73(61)82-71-42-37-59(53-24-11-3-12-25-53)47-66(71)67-48-60(38-43-72(67)82)54-26-13-4-14-27-54/h1-48H. The average molecular weight is 1050 g/mol. The second-order valence-electron chi connectivity index (χ2n) is 20.6. The molecule has 0 radical (unpaired) electrons. The highest BCUT2D eigenvalue weighted by molar-refractivity contribution is 6.14. The minimum absolute atomic E-state index is 0.512. The van der Waals surface area contributed by atoms with Crippen molar-refractivity contribution in [2.24, 2.45) is 0 Å². The lowest BCUT2D eigenvalue weighted by Crippen LogP contribution is -2.06. The van der Waals surface area contributed by atoms with Crippen LogP contribution in [0.15, 0.2) is 291 Å². The Balaban J connectivity index is 1.06. The van der Waals surface area contributed by atoms with E-state index in [-0.39, 0.29) is 0 Å². The van der Waals surface area contributed by atoms with Gasteiger partial charge >= 0.3 is 0 Å². The maximum atomic E-state index is 10.9. The lowest BCUT2D eigenvalue weighted by Gasteiger charge is -2.21. The molecule has 0 atom stereocenters. The van der Waals surface area contributed by atoms with Crippen LogP contribution in [0.5, 0.6) is 0 Å². The predicted molar refractivity (Wildman–Crippen MR) is 337 cm³/mol. The number of fused-ring (bicyclic) bond motifs is 6. The minimum atomic E-state index is 0.512. The monoisotopic (exact) mass is 1040 g/mol. The van der Waals surface area contributed by atoms with Crippen molar-refractivity contribution in [1.29, 1.82) is 5.26 Å². The van der Waals surface area contributed by atoms with Crippen molar-refractivity contribution in [1.82, 2.24) is 24.1 Å². The van der Waals surface area contributed by atoms with Crippen LogP contribution in [0.1, 0.15) is 5.56 Å². The number of benzene rings is 12. The third kappa shape index (κ3) is 8.40. The normalized spacial score (nSPS) is 11.4. The maximum Gasteiger partial charge on any atom is 0.166 e. The number of aromatic nitrogens is 5. The van der Waals surface area contributed by atoms with E-state index in [1.165, 1.54) is 0 Å². The molecule has 0 amide bonds. The SMILES string of the molecule is N#Cc1ccc(-n2c3ccc(-c4ccccc4)cc3c3cc(-c4ccccc4)ccc32)c(-c2cccc(-c3nc(-c4ccccc4)nc(-c4ccccc4)n3)c2-n2c3ccc(-c4ccccc4)cc3c3cc(-c4ccccc4)ccc32)c1. The molecule has 82 heavy (non-hydrogen) atoms. The molecule has 6 heteroatoms. The first-order valence-corrected chi connectivity index (χ1v) is 27.6. The molecule has 0 unspecified atom stereocenters. The minimum Gasteiger partial charge on any atom is -0.309 e. The van der Waals surface area contributed by atoms with Crippen molar-refractivity contribution < 1.29 is 0 Å². The smallest absolute Gasteiger partial charge is 0.166 e. The molecule has 0 spiro atoms. The van der Waals surface area contributed by atoms with Crippen LogP contribution in [0, 0.1) is 11.3 Å². The Labute approximate surface area is 474 Å². The fraction of sp³-hybridized carbons (Fsp3) is 0. The number of hydrogen-bond acceptors (Lipinski definition) is 4. The second kappa shape index (κ2) is 20.2. The van der Waals surface area contributed by atoms with Crippen LogP contribution in [0.2, 0.25) is 0 Å². The topological polar surface area (TPSA) is 72.3 Å². The van der Waals surface area contributed by atoms with Crippen LogP contribution in [0.25, 0.3) is 145 Å². The Kier molecular flexibility index (Phi) is 11.8. The van der Waals surface area contributed by atoms with Crippen LogP contribution in [0.4, 0.5) is 0 Å². The summed E-state index contributed by atoms with van der Waals surface area (Å²) >= 11 is 0. The summed E-state index contributed by atoms with van der Waals surface area (Å²) in [5, 5.41) is 15.4. The van der Waals surface area contributed by atoms with Gasteiger partial charge in [0.15, 0.2) is 17.5 Å². The molecule has 0 N–H and O–H groups in total. The Morgan fingerprint density at radius 2 is 0.598 bits per heavy atom. The lowest BCUT2D eigenvalue weighted by atomic mass is 9.95. The van der Waals surface area contributed by atoms with Gasteiger partial charge in [-0.1, -0.05) is 218 Å².